The van der Waals surface area contributed by atoms with Crippen molar-refractivity contribution in [2.24, 2.45) is 0 Å². The van der Waals surface area contributed by atoms with E-state index in [1.54, 1.807) is 0 Å². The molecule has 0 aliphatic rings. The quantitative estimate of drug-likeness (QED) is 0.326. The molecule has 0 fully saturated rings. The highest BCUT2D eigenvalue weighted by Crippen LogP contribution is 1.87. The maximum absolute atomic E-state index is 10.8. The molecule has 0 heterocycles. The fraction of sp³-hybridized carbons (Fsp3) is 0.714. The number of hydrogen-bond donors (Lipinski definition) is 0. The molecule has 0 saturated carbocycles. The maximum Gasteiger partial charge on any atom is 0.302 e. The zero-order valence-electron chi connectivity index (χ0n) is 7.16. The van der Waals surface area contributed by atoms with Gasteiger partial charge in [0.1, 0.15) is 6.61 Å². The van der Waals surface area contributed by atoms with Crippen LogP contribution >= 0.6 is 0 Å². The van der Waals surface area contributed by atoms with Crippen LogP contribution in [0.2, 0.25) is 0 Å². The predicted octanol–water partition coefficient (Wildman–Crippen LogP) is 0.0867. The van der Waals surface area contributed by atoms with E-state index in [2.05, 4.69) is 14.5 Å². The van der Waals surface area contributed by atoms with E-state index in [9.17, 15) is 9.59 Å². The van der Waals surface area contributed by atoms with E-state index in [1.807, 2.05) is 0 Å². The lowest BCUT2D eigenvalue weighted by Crippen LogP contribution is -2.12. The lowest BCUT2D eigenvalue weighted by atomic mass is 10.3. The Morgan fingerprint density at radius 2 is 2.00 bits per heavy atom. The zero-order valence-corrected chi connectivity index (χ0v) is 7.16. The third-order valence-corrected chi connectivity index (χ3v) is 1.02. The summed E-state index contributed by atoms with van der Waals surface area (Å²) < 4.78 is 4.54. The first-order valence-electron chi connectivity index (χ1n) is 3.47. The fourth-order valence-corrected chi connectivity index (χ4v) is 0.505. The summed E-state index contributed by atoms with van der Waals surface area (Å²) in [7, 11) is 1.32. The van der Waals surface area contributed by atoms with Crippen LogP contribution in [0.3, 0.4) is 0 Å². The molecule has 0 aromatic carbocycles. The van der Waals surface area contributed by atoms with E-state index in [-0.39, 0.29) is 25.4 Å². The number of esters is 1. The second-order valence-electron chi connectivity index (χ2n) is 2.06. The Hall–Kier alpha value is -0.940. The Morgan fingerprint density at radius 1 is 1.33 bits per heavy atom. The van der Waals surface area contributed by atoms with Crippen LogP contribution in [0.4, 0.5) is 0 Å². The SMILES string of the molecule is COOCC(=O)CCOC(C)=O. The van der Waals surface area contributed by atoms with Crippen LogP contribution in [-0.2, 0) is 24.1 Å². The minimum atomic E-state index is -0.393. The fourth-order valence-electron chi connectivity index (χ4n) is 0.505. The van der Waals surface area contributed by atoms with Crippen molar-refractivity contribution in [3.05, 3.63) is 0 Å². The number of carbonyl (C=O) groups excluding carboxylic acids is 2. The average Bonchev–Trinajstić information content (AvgIpc) is 2.00. The van der Waals surface area contributed by atoms with Gasteiger partial charge in [-0.2, -0.15) is 0 Å². The second-order valence-corrected chi connectivity index (χ2v) is 2.06. The van der Waals surface area contributed by atoms with E-state index in [1.165, 1.54) is 14.0 Å². The Kier molecular flexibility index (Phi) is 6.22. The number of ether oxygens (including phenoxy) is 1. The van der Waals surface area contributed by atoms with Crippen molar-refractivity contribution in [2.75, 3.05) is 20.3 Å². The molecule has 0 aromatic heterocycles. The monoisotopic (exact) mass is 176 g/mol. The highest BCUT2D eigenvalue weighted by molar-refractivity contribution is 5.79. The van der Waals surface area contributed by atoms with E-state index < -0.39 is 5.97 Å². The number of ketones is 1. The Bertz CT molecular complexity index is 154. The summed E-state index contributed by atoms with van der Waals surface area (Å²) in [4.78, 5) is 29.6. The minimum absolute atomic E-state index is 0.0985. The van der Waals surface area contributed by atoms with Crippen molar-refractivity contribution in [1.82, 2.24) is 0 Å². The molecule has 0 unspecified atom stereocenters. The van der Waals surface area contributed by atoms with Gasteiger partial charge in [-0.25, -0.2) is 9.78 Å². The van der Waals surface area contributed by atoms with Crippen molar-refractivity contribution in [1.29, 1.82) is 0 Å². The molecule has 5 heteroatoms. The van der Waals surface area contributed by atoms with Crippen LogP contribution in [0.15, 0.2) is 0 Å². The van der Waals surface area contributed by atoms with Crippen molar-refractivity contribution in [3.63, 3.8) is 0 Å². The zero-order chi connectivity index (χ0) is 9.40. The first-order valence-corrected chi connectivity index (χ1v) is 3.47. The van der Waals surface area contributed by atoms with Gasteiger partial charge in [-0.3, -0.25) is 9.59 Å². The van der Waals surface area contributed by atoms with Crippen LogP contribution in [-0.4, -0.2) is 32.1 Å². The molecule has 0 aliphatic heterocycles. The molecule has 5 nitrogen and oxygen atoms in total. The molecule has 70 valence electrons. The summed E-state index contributed by atoms with van der Waals surface area (Å²) in [5.74, 6) is -0.562. The minimum Gasteiger partial charge on any atom is -0.465 e. The highest BCUT2D eigenvalue weighted by Gasteiger charge is 2.02. The van der Waals surface area contributed by atoms with E-state index in [4.69, 9.17) is 0 Å². The summed E-state index contributed by atoms with van der Waals surface area (Å²) >= 11 is 0. The lowest BCUT2D eigenvalue weighted by Gasteiger charge is -2.00. The highest BCUT2D eigenvalue weighted by atomic mass is 17.2. The molecule has 0 aromatic rings. The molecule has 0 radical (unpaired) electrons. The van der Waals surface area contributed by atoms with Crippen LogP contribution in [0.25, 0.3) is 0 Å². The van der Waals surface area contributed by atoms with Gasteiger partial charge in [0, 0.05) is 13.3 Å². The van der Waals surface area contributed by atoms with Gasteiger partial charge < -0.3 is 4.74 Å². The molecule has 0 bridgehead atoms. The van der Waals surface area contributed by atoms with Crippen molar-refractivity contribution in [2.45, 2.75) is 13.3 Å². The third kappa shape index (κ3) is 7.17. The molecule has 0 amide bonds. The van der Waals surface area contributed by atoms with Crippen molar-refractivity contribution in [3.8, 4) is 0 Å². The number of Topliss-reactive ketones (excluding diaryl/α,β-unsaturated/α-hetero) is 1. The van der Waals surface area contributed by atoms with Gasteiger partial charge in [0.05, 0.1) is 13.7 Å². The molecule has 0 rings (SSSR count). The van der Waals surface area contributed by atoms with Gasteiger partial charge in [-0.15, -0.1) is 0 Å². The predicted molar refractivity (Wildman–Crippen MR) is 39.2 cm³/mol. The van der Waals surface area contributed by atoms with Gasteiger partial charge in [-0.1, -0.05) is 0 Å². The standard InChI is InChI=1S/C7H12O5/c1-6(8)11-4-3-7(9)5-12-10-2/h3-5H2,1-2H3. The number of rotatable bonds is 6. The topological polar surface area (TPSA) is 61.8 Å². The Morgan fingerprint density at radius 3 is 2.50 bits per heavy atom. The lowest BCUT2D eigenvalue weighted by molar-refractivity contribution is -0.267. The Balaban J connectivity index is 3.25. The van der Waals surface area contributed by atoms with E-state index in [0.717, 1.165) is 0 Å². The van der Waals surface area contributed by atoms with Crippen LogP contribution in [0.1, 0.15) is 13.3 Å². The summed E-state index contributed by atoms with van der Waals surface area (Å²) in [5.41, 5.74) is 0. The first kappa shape index (κ1) is 11.1. The number of carbonyl (C=O) groups is 2. The molecular weight excluding hydrogens is 164 g/mol. The molecular formula is C7H12O5. The first-order chi connectivity index (χ1) is 5.66. The smallest absolute Gasteiger partial charge is 0.302 e. The molecule has 0 atom stereocenters. The Labute approximate surface area is 70.5 Å². The van der Waals surface area contributed by atoms with Gasteiger partial charge in [-0.05, 0) is 0 Å². The van der Waals surface area contributed by atoms with Crippen molar-refractivity contribution < 1.29 is 24.1 Å². The van der Waals surface area contributed by atoms with Gasteiger partial charge in [0.15, 0.2) is 5.78 Å². The molecule has 12 heavy (non-hydrogen) atoms. The van der Waals surface area contributed by atoms with Crippen LogP contribution in [0.5, 0.6) is 0 Å². The summed E-state index contributed by atoms with van der Waals surface area (Å²) in [6, 6.07) is 0. The van der Waals surface area contributed by atoms with Gasteiger partial charge in [0.2, 0.25) is 0 Å². The molecule has 0 N–H and O–H groups in total. The average molecular weight is 176 g/mol. The summed E-state index contributed by atoms with van der Waals surface area (Å²) in [5, 5.41) is 0. The van der Waals surface area contributed by atoms with Gasteiger partial charge >= 0.3 is 5.97 Å². The van der Waals surface area contributed by atoms with E-state index >= 15 is 0 Å². The third-order valence-electron chi connectivity index (χ3n) is 1.02. The maximum atomic E-state index is 10.8. The van der Waals surface area contributed by atoms with Gasteiger partial charge in [0.25, 0.3) is 0 Å². The molecule has 0 aliphatic carbocycles. The molecule has 0 spiro atoms. The van der Waals surface area contributed by atoms with Crippen molar-refractivity contribution >= 4 is 11.8 Å². The van der Waals surface area contributed by atoms with Crippen LogP contribution in [0, 0.1) is 0 Å². The molecule has 0 saturated heterocycles. The normalized spacial score (nSPS) is 9.50. The summed E-state index contributed by atoms with van der Waals surface area (Å²) in [6.07, 6.45) is 0.156. The largest absolute Gasteiger partial charge is 0.465 e. The number of hydrogen-bond acceptors (Lipinski definition) is 5. The summed E-state index contributed by atoms with van der Waals surface area (Å²) in [6.45, 7) is 1.27. The van der Waals surface area contributed by atoms with E-state index in [0.29, 0.717) is 0 Å². The second kappa shape index (κ2) is 6.75. The van der Waals surface area contributed by atoms with Crippen LogP contribution < -0.4 is 0 Å².